The first-order chi connectivity index (χ1) is 14.9. The average molecular weight is 443 g/mol. The fraction of sp³-hybridized carbons (Fsp3) is 0.261. The van der Waals surface area contributed by atoms with Crippen molar-refractivity contribution in [1.82, 2.24) is 15.1 Å². The molecule has 0 spiro atoms. The van der Waals surface area contributed by atoms with Gasteiger partial charge in [-0.15, -0.1) is 0 Å². The van der Waals surface area contributed by atoms with Crippen LogP contribution in [0.3, 0.4) is 0 Å². The topological polar surface area (TPSA) is 76.0 Å². The highest BCUT2D eigenvalue weighted by atomic mass is 35.5. The highest BCUT2D eigenvalue weighted by Gasteiger charge is 2.20. The number of halogens is 2. The minimum Gasteiger partial charge on any atom is -0.348 e. The van der Waals surface area contributed by atoms with Crippen LogP contribution in [-0.4, -0.2) is 21.6 Å². The van der Waals surface area contributed by atoms with E-state index in [4.69, 9.17) is 11.6 Å². The number of hydrogen-bond acceptors (Lipinski definition) is 3. The zero-order valence-electron chi connectivity index (χ0n) is 17.4. The van der Waals surface area contributed by atoms with Crippen molar-refractivity contribution >= 4 is 29.1 Å². The van der Waals surface area contributed by atoms with Crippen LogP contribution in [0.4, 0.5) is 10.1 Å². The molecular weight excluding hydrogens is 419 g/mol. The number of aromatic nitrogens is 2. The number of benzene rings is 2. The maximum atomic E-state index is 13.1. The number of rotatable bonds is 8. The zero-order chi connectivity index (χ0) is 22.4. The van der Waals surface area contributed by atoms with Crippen LogP contribution in [0.25, 0.3) is 0 Å². The Morgan fingerprint density at radius 2 is 1.87 bits per heavy atom. The molecule has 31 heavy (non-hydrogen) atoms. The second kappa shape index (κ2) is 10.2. The minimum atomic E-state index is -0.340. The van der Waals surface area contributed by atoms with Gasteiger partial charge in [0.2, 0.25) is 5.91 Å². The molecule has 6 nitrogen and oxygen atoms in total. The Kier molecular flexibility index (Phi) is 7.41. The van der Waals surface area contributed by atoms with Crippen molar-refractivity contribution in [2.75, 3.05) is 5.32 Å². The van der Waals surface area contributed by atoms with Crippen LogP contribution < -0.4 is 10.6 Å². The highest BCUT2D eigenvalue weighted by molar-refractivity contribution is 6.33. The van der Waals surface area contributed by atoms with Gasteiger partial charge in [0.15, 0.2) is 0 Å². The van der Waals surface area contributed by atoms with Crippen LogP contribution >= 0.6 is 11.6 Å². The van der Waals surface area contributed by atoms with Gasteiger partial charge in [-0.3, -0.25) is 9.59 Å². The molecule has 0 radical (unpaired) electrons. The van der Waals surface area contributed by atoms with E-state index in [1.807, 2.05) is 25.1 Å². The van der Waals surface area contributed by atoms with Crippen LogP contribution in [0, 0.1) is 12.7 Å². The van der Waals surface area contributed by atoms with Crippen molar-refractivity contribution in [3.05, 3.63) is 81.9 Å². The first-order valence-electron chi connectivity index (χ1n) is 10.0. The monoisotopic (exact) mass is 442 g/mol. The molecule has 2 N–H and O–H groups in total. The molecule has 0 bridgehead atoms. The van der Waals surface area contributed by atoms with Gasteiger partial charge in [-0.25, -0.2) is 9.07 Å². The molecule has 1 aromatic heterocycles. The average Bonchev–Trinajstić information content (AvgIpc) is 3.01. The van der Waals surface area contributed by atoms with Crippen LogP contribution in [-0.2, 0) is 17.9 Å². The van der Waals surface area contributed by atoms with Gasteiger partial charge in [-0.05, 0) is 48.7 Å². The van der Waals surface area contributed by atoms with Crippen LogP contribution in [0.5, 0.6) is 0 Å². The molecule has 2 aromatic carbocycles. The Balaban J connectivity index is 1.66. The maximum Gasteiger partial charge on any atom is 0.256 e. The molecule has 1 heterocycles. The molecule has 0 saturated heterocycles. The summed E-state index contributed by atoms with van der Waals surface area (Å²) in [6.07, 6.45) is 1.23. The summed E-state index contributed by atoms with van der Waals surface area (Å²) in [7, 11) is 0. The molecule has 162 valence electrons. The van der Waals surface area contributed by atoms with E-state index in [-0.39, 0.29) is 29.3 Å². The van der Waals surface area contributed by atoms with Gasteiger partial charge in [0.05, 0.1) is 17.8 Å². The van der Waals surface area contributed by atoms with Gasteiger partial charge in [-0.2, -0.15) is 5.10 Å². The maximum absolute atomic E-state index is 13.1. The van der Waals surface area contributed by atoms with E-state index >= 15 is 0 Å². The lowest BCUT2D eigenvalue weighted by Crippen LogP contribution is -2.23. The standard InChI is InChI=1S/C23H24ClFN4O2/c1-3-5-20(30)27-19-7-4-6-17(12-19)13-26-23(31)21-15(2)28-29(22(21)24)14-16-8-10-18(25)11-9-16/h4,6-12H,3,5,13-14H2,1-2H3,(H,26,31)(H,27,30). The van der Waals surface area contributed by atoms with E-state index in [0.29, 0.717) is 29.9 Å². The number of carbonyl (C=O) groups is 2. The second-order valence-electron chi connectivity index (χ2n) is 7.22. The fourth-order valence-electron chi connectivity index (χ4n) is 3.16. The van der Waals surface area contributed by atoms with Gasteiger partial charge < -0.3 is 10.6 Å². The molecule has 0 fully saturated rings. The van der Waals surface area contributed by atoms with Crippen LogP contribution in [0.15, 0.2) is 48.5 Å². The second-order valence-corrected chi connectivity index (χ2v) is 7.57. The minimum absolute atomic E-state index is 0.0420. The number of aryl methyl sites for hydroxylation is 1. The number of amides is 2. The first kappa shape index (κ1) is 22.5. The summed E-state index contributed by atoms with van der Waals surface area (Å²) in [6.45, 7) is 4.26. The smallest absolute Gasteiger partial charge is 0.256 e. The SMILES string of the molecule is CCCC(=O)Nc1cccc(CNC(=O)c2c(C)nn(Cc3ccc(F)cc3)c2Cl)c1. The third-order valence-electron chi connectivity index (χ3n) is 4.68. The lowest BCUT2D eigenvalue weighted by molar-refractivity contribution is -0.116. The number of nitrogens with one attached hydrogen (secondary N) is 2. The summed E-state index contributed by atoms with van der Waals surface area (Å²) < 4.78 is 14.6. The molecule has 2 amide bonds. The van der Waals surface area contributed by atoms with E-state index in [0.717, 1.165) is 17.5 Å². The van der Waals surface area contributed by atoms with Crippen LogP contribution in [0.1, 0.15) is 46.9 Å². The highest BCUT2D eigenvalue weighted by Crippen LogP contribution is 2.21. The van der Waals surface area contributed by atoms with Gasteiger partial charge in [0.1, 0.15) is 11.0 Å². The number of hydrogen-bond donors (Lipinski definition) is 2. The van der Waals surface area contributed by atoms with Crippen molar-refractivity contribution in [3.63, 3.8) is 0 Å². The third-order valence-corrected chi connectivity index (χ3v) is 5.06. The summed E-state index contributed by atoms with van der Waals surface area (Å²) in [5, 5.41) is 10.3. The normalized spacial score (nSPS) is 10.7. The largest absolute Gasteiger partial charge is 0.348 e. The van der Waals surface area contributed by atoms with Gasteiger partial charge in [-0.1, -0.05) is 42.8 Å². The number of carbonyl (C=O) groups excluding carboxylic acids is 2. The fourth-order valence-corrected chi connectivity index (χ4v) is 3.48. The van der Waals surface area contributed by atoms with Gasteiger partial charge >= 0.3 is 0 Å². The van der Waals surface area contributed by atoms with E-state index in [1.54, 1.807) is 25.1 Å². The summed E-state index contributed by atoms with van der Waals surface area (Å²) in [4.78, 5) is 24.5. The Morgan fingerprint density at radius 1 is 1.13 bits per heavy atom. The van der Waals surface area contributed by atoms with Crippen molar-refractivity contribution in [3.8, 4) is 0 Å². The Morgan fingerprint density at radius 3 is 2.58 bits per heavy atom. The number of anilines is 1. The summed E-state index contributed by atoms with van der Waals surface area (Å²) >= 11 is 6.42. The molecule has 0 atom stereocenters. The van der Waals surface area contributed by atoms with Gasteiger partial charge in [0, 0.05) is 18.7 Å². The van der Waals surface area contributed by atoms with Gasteiger partial charge in [0.25, 0.3) is 5.91 Å². The number of nitrogens with zero attached hydrogens (tertiary/aromatic N) is 2. The molecule has 0 aliphatic carbocycles. The predicted octanol–water partition coefficient (Wildman–Crippen LogP) is 4.70. The molecule has 0 aliphatic heterocycles. The van der Waals surface area contributed by atoms with Crippen molar-refractivity contribution in [2.24, 2.45) is 0 Å². The summed E-state index contributed by atoms with van der Waals surface area (Å²) in [5.41, 5.74) is 3.16. The molecular formula is C23H24ClFN4O2. The quantitative estimate of drug-likeness (QED) is 0.530. The lowest BCUT2D eigenvalue weighted by Gasteiger charge is -2.09. The first-order valence-corrected chi connectivity index (χ1v) is 10.4. The van der Waals surface area contributed by atoms with Crippen LogP contribution in [0.2, 0.25) is 5.15 Å². The molecule has 0 unspecified atom stereocenters. The zero-order valence-corrected chi connectivity index (χ0v) is 18.2. The predicted molar refractivity (Wildman–Crippen MR) is 119 cm³/mol. The summed E-state index contributed by atoms with van der Waals surface area (Å²) in [5.74, 6) is -0.700. The van der Waals surface area contributed by atoms with E-state index < -0.39 is 0 Å². The summed E-state index contributed by atoms with van der Waals surface area (Å²) in [6, 6.07) is 13.3. The molecule has 8 heteroatoms. The third kappa shape index (κ3) is 5.92. The van der Waals surface area contributed by atoms with Crippen molar-refractivity contribution in [2.45, 2.75) is 39.8 Å². The van der Waals surface area contributed by atoms with E-state index in [1.165, 1.54) is 16.8 Å². The molecule has 3 rings (SSSR count). The van der Waals surface area contributed by atoms with Crippen molar-refractivity contribution < 1.29 is 14.0 Å². The van der Waals surface area contributed by atoms with E-state index in [9.17, 15) is 14.0 Å². The van der Waals surface area contributed by atoms with Crippen molar-refractivity contribution in [1.29, 1.82) is 0 Å². The van der Waals surface area contributed by atoms with E-state index in [2.05, 4.69) is 15.7 Å². The lowest BCUT2D eigenvalue weighted by atomic mass is 10.2. The molecule has 0 aliphatic rings. The molecule has 3 aromatic rings. The Labute approximate surface area is 185 Å². The molecule has 0 saturated carbocycles. The Hall–Kier alpha value is -3.19. The Bertz CT molecular complexity index is 1080.